The molecule has 0 atom stereocenters. The molecule has 2 N–H and O–H groups in total. The number of aromatic nitrogens is 1. The summed E-state index contributed by atoms with van der Waals surface area (Å²) >= 11 is 9.08. The first-order valence-electron chi connectivity index (χ1n) is 7.40. The van der Waals surface area contributed by atoms with E-state index in [0.29, 0.717) is 16.6 Å². The average Bonchev–Trinajstić information content (AvgIpc) is 2.97. The third kappa shape index (κ3) is 4.63. The van der Waals surface area contributed by atoms with E-state index in [1.54, 1.807) is 17.8 Å². The molecule has 0 fully saturated rings. The molecule has 0 saturated carbocycles. The Morgan fingerprint density at radius 2 is 2.04 bits per heavy atom. The number of aryl methyl sites for hydroxylation is 1. The van der Waals surface area contributed by atoms with Gasteiger partial charge in [0.15, 0.2) is 0 Å². The Hall–Kier alpha value is -1.76. The molecular formula is C17H16ClN3OS2. The first-order valence-corrected chi connectivity index (χ1v) is 9.58. The van der Waals surface area contributed by atoms with Crippen LogP contribution in [0.4, 0.5) is 5.13 Å². The summed E-state index contributed by atoms with van der Waals surface area (Å²) < 4.78 is 0.981. The number of fused-ring (bicyclic) bond motifs is 1. The third-order valence-corrected chi connectivity index (χ3v) is 5.46. The fourth-order valence-corrected chi connectivity index (χ4v) is 3.98. The molecule has 124 valence electrons. The first kappa shape index (κ1) is 17.1. The average molecular weight is 378 g/mol. The highest BCUT2D eigenvalue weighted by atomic mass is 35.5. The van der Waals surface area contributed by atoms with Crippen LogP contribution >= 0.6 is 34.7 Å². The van der Waals surface area contributed by atoms with Gasteiger partial charge in [0.25, 0.3) is 0 Å². The quantitative estimate of drug-likeness (QED) is 0.474. The summed E-state index contributed by atoms with van der Waals surface area (Å²) in [6.45, 7) is 2.06. The number of nitrogens with one attached hydrogen (secondary N) is 2. The summed E-state index contributed by atoms with van der Waals surface area (Å²) in [4.78, 5) is 17.5. The number of halogens is 1. The molecule has 24 heavy (non-hydrogen) atoms. The largest absolute Gasteiger partial charge is 0.273 e. The highest BCUT2D eigenvalue weighted by Gasteiger charge is 2.06. The minimum Gasteiger partial charge on any atom is -0.273 e. The zero-order valence-electron chi connectivity index (χ0n) is 13.0. The van der Waals surface area contributed by atoms with Crippen LogP contribution in [0.25, 0.3) is 10.2 Å². The molecule has 1 amide bonds. The zero-order chi connectivity index (χ0) is 16.9. The maximum atomic E-state index is 11.9. The maximum absolute atomic E-state index is 11.9. The van der Waals surface area contributed by atoms with E-state index >= 15 is 0 Å². The molecule has 0 aliphatic heterocycles. The smallest absolute Gasteiger partial charge is 0.239 e. The summed E-state index contributed by atoms with van der Waals surface area (Å²) in [5.74, 6) is 0.665. The number of amides is 1. The summed E-state index contributed by atoms with van der Waals surface area (Å²) in [5, 5.41) is 1.32. The number of carbonyl (C=O) groups is 1. The number of thioether (sulfide) groups is 1. The van der Waals surface area contributed by atoms with Gasteiger partial charge in [0.2, 0.25) is 11.0 Å². The summed E-state index contributed by atoms with van der Waals surface area (Å²) in [6.07, 6.45) is 0.433. The van der Waals surface area contributed by atoms with Gasteiger partial charge < -0.3 is 0 Å². The Morgan fingerprint density at radius 1 is 1.25 bits per heavy atom. The molecule has 0 radical (unpaired) electrons. The number of rotatable bonds is 6. The number of hydrogen-bond donors (Lipinski definition) is 2. The lowest BCUT2D eigenvalue weighted by atomic mass is 10.2. The van der Waals surface area contributed by atoms with Gasteiger partial charge in [-0.05, 0) is 37.3 Å². The standard InChI is InChI=1S/C17H16ClN3OS2/c1-11-2-5-13(6-3-11)23-9-8-16(22)20-21-17-19-14-7-4-12(18)10-15(14)24-17/h2-7,10H,8-9H2,1H3,(H,19,21)(H,20,22). The SMILES string of the molecule is Cc1ccc(SCCC(=O)NNc2nc3ccc(Cl)cc3s2)cc1. The fourth-order valence-electron chi connectivity index (χ4n) is 2.03. The van der Waals surface area contributed by atoms with Gasteiger partial charge in [-0.1, -0.05) is 40.6 Å². The topological polar surface area (TPSA) is 54.0 Å². The number of thiazole rings is 1. The summed E-state index contributed by atoms with van der Waals surface area (Å²) in [5.41, 5.74) is 7.64. The number of benzene rings is 2. The third-order valence-electron chi connectivity index (χ3n) is 3.28. The van der Waals surface area contributed by atoms with E-state index in [4.69, 9.17) is 11.6 Å². The van der Waals surface area contributed by atoms with Crippen molar-refractivity contribution in [1.82, 2.24) is 10.4 Å². The Labute approximate surface area is 153 Å². The normalized spacial score (nSPS) is 10.8. The number of nitrogens with zero attached hydrogens (tertiary/aromatic N) is 1. The molecular weight excluding hydrogens is 362 g/mol. The van der Waals surface area contributed by atoms with Gasteiger partial charge in [0.05, 0.1) is 10.2 Å². The number of hydrazine groups is 1. The second kappa shape index (κ2) is 7.88. The molecule has 0 saturated heterocycles. The molecule has 0 aliphatic carbocycles. The van der Waals surface area contributed by atoms with Crippen molar-refractivity contribution < 1.29 is 4.79 Å². The monoisotopic (exact) mass is 377 g/mol. The lowest BCUT2D eigenvalue weighted by molar-refractivity contribution is -0.120. The lowest BCUT2D eigenvalue weighted by Gasteiger charge is -2.05. The molecule has 1 heterocycles. The molecule has 7 heteroatoms. The van der Waals surface area contributed by atoms with Crippen LogP contribution in [0.1, 0.15) is 12.0 Å². The van der Waals surface area contributed by atoms with Crippen LogP contribution in [0.2, 0.25) is 5.02 Å². The van der Waals surface area contributed by atoms with Crippen LogP contribution in [0.15, 0.2) is 47.4 Å². The van der Waals surface area contributed by atoms with Crippen molar-refractivity contribution in [3.8, 4) is 0 Å². The van der Waals surface area contributed by atoms with E-state index in [2.05, 4.69) is 47.0 Å². The molecule has 0 aliphatic rings. The maximum Gasteiger partial charge on any atom is 0.239 e. The molecule has 3 aromatic rings. The van der Waals surface area contributed by atoms with Crippen molar-refractivity contribution in [2.24, 2.45) is 0 Å². The van der Waals surface area contributed by atoms with Crippen LogP contribution in [-0.4, -0.2) is 16.6 Å². The molecule has 4 nitrogen and oxygen atoms in total. The van der Waals surface area contributed by atoms with Crippen molar-refractivity contribution in [3.63, 3.8) is 0 Å². The minimum atomic E-state index is -0.0631. The van der Waals surface area contributed by atoms with Crippen LogP contribution in [0.5, 0.6) is 0 Å². The van der Waals surface area contributed by atoms with Crippen LogP contribution in [0.3, 0.4) is 0 Å². The Bertz CT molecular complexity index is 849. The van der Waals surface area contributed by atoms with Crippen molar-refractivity contribution in [1.29, 1.82) is 0 Å². The van der Waals surface area contributed by atoms with Gasteiger partial charge in [0, 0.05) is 22.1 Å². The van der Waals surface area contributed by atoms with Gasteiger partial charge in [0.1, 0.15) is 0 Å². The van der Waals surface area contributed by atoms with Crippen LogP contribution in [-0.2, 0) is 4.79 Å². The first-order chi connectivity index (χ1) is 11.6. The Morgan fingerprint density at radius 3 is 2.83 bits per heavy atom. The van der Waals surface area contributed by atoms with Crippen molar-refractivity contribution >= 4 is 56.0 Å². The van der Waals surface area contributed by atoms with Gasteiger partial charge in [-0.15, -0.1) is 11.8 Å². The van der Waals surface area contributed by atoms with Gasteiger partial charge in [-0.3, -0.25) is 15.6 Å². The van der Waals surface area contributed by atoms with Crippen LogP contribution in [0, 0.1) is 6.92 Å². The van der Waals surface area contributed by atoms with E-state index in [-0.39, 0.29) is 5.91 Å². The van der Waals surface area contributed by atoms with Crippen molar-refractivity contribution in [2.75, 3.05) is 11.2 Å². The Balaban J connectivity index is 1.45. The van der Waals surface area contributed by atoms with Crippen molar-refractivity contribution in [2.45, 2.75) is 18.2 Å². The van der Waals surface area contributed by atoms with E-state index in [1.165, 1.54) is 21.8 Å². The molecule has 0 bridgehead atoms. The van der Waals surface area contributed by atoms with E-state index in [0.717, 1.165) is 16.0 Å². The zero-order valence-corrected chi connectivity index (χ0v) is 15.4. The molecule has 2 aromatic carbocycles. The number of carbonyl (C=O) groups excluding carboxylic acids is 1. The number of hydrogen-bond acceptors (Lipinski definition) is 5. The highest BCUT2D eigenvalue weighted by molar-refractivity contribution is 7.99. The second-order valence-corrected chi connectivity index (χ2v) is 7.85. The molecule has 3 rings (SSSR count). The van der Waals surface area contributed by atoms with Gasteiger partial charge in [-0.25, -0.2) is 4.98 Å². The summed E-state index contributed by atoms with van der Waals surface area (Å²) in [7, 11) is 0. The minimum absolute atomic E-state index is 0.0631. The Kier molecular flexibility index (Phi) is 5.60. The van der Waals surface area contributed by atoms with Gasteiger partial charge >= 0.3 is 0 Å². The predicted molar refractivity (Wildman–Crippen MR) is 103 cm³/mol. The van der Waals surface area contributed by atoms with Gasteiger partial charge in [-0.2, -0.15) is 0 Å². The molecule has 0 unspecified atom stereocenters. The molecule has 1 aromatic heterocycles. The lowest BCUT2D eigenvalue weighted by Crippen LogP contribution is -2.29. The highest BCUT2D eigenvalue weighted by Crippen LogP contribution is 2.27. The number of anilines is 1. The van der Waals surface area contributed by atoms with Crippen LogP contribution < -0.4 is 10.9 Å². The summed E-state index contributed by atoms with van der Waals surface area (Å²) in [6, 6.07) is 13.8. The van der Waals surface area contributed by atoms with E-state index in [9.17, 15) is 4.79 Å². The van der Waals surface area contributed by atoms with Crippen molar-refractivity contribution in [3.05, 3.63) is 53.1 Å². The van der Waals surface area contributed by atoms with E-state index in [1.807, 2.05) is 12.1 Å². The fraction of sp³-hybridized carbons (Fsp3) is 0.176. The predicted octanol–water partition coefficient (Wildman–Crippen LogP) is 4.88. The molecule has 0 spiro atoms. The van der Waals surface area contributed by atoms with E-state index < -0.39 is 0 Å². The second-order valence-electron chi connectivity index (χ2n) is 5.22.